The van der Waals surface area contributed by atoms with E-state index in [0.29, 0.717) is 11.8 Å². The van der Waals surface area contributed by atoms with Gasteiger partial charge in [-0.05, 0) is 44.4 Å². The molecule has 0 radical (unpaired) electrons. The van der Waals surface area contributed by atoms with E-state index < -0.39 is 5.60 Å². The summed E-state index contributed by atoms with van der Waals surface area (Å²) in [5.41, 5.74) is -0.463. The van der Waals surface area contributed by atoms with Crippen molar-refractivity contribution in [1.82, 2.24) is 0 Å². The van der Waals surface area contributed by atoms with Crippen LogP contribution in [0.1, 0.15) is 51.9 Å². The van der Waals surface area contributed by atoms with Crippen molar-refractivity contribution in [3.05, 3.63) is 0 Å². The molecule has 0 amide bonds. The average molecular weight is 198 g/mol. The number of hydrogen-bond donors (Lipinski definition) is 2. The van der Waals surface area contributed by atoms with Crippen LogP contribution in [0.5, 0.6) is 0 Å². The van der Waals surface area contributed by atoms with Crippen LogP contribution in [-0.2, 0) is 0 Å². The molecule has 0 aromatic heterocycles. The van der Waals surface area contributed by atoms with Crippen LogP contribution < -0.4 is 0 Å². The summed E-state index contributed by atoms with van der Waals surface area (Å²) in [5, 5.41) is 19.6. The van der Waals surface area contributed by atoms with E-state index in [-0.39, 0.29) is 6.10 Å². The van der Waals surface area contributed by atoms with Crippen LogP contribution in [0.15, 0.2) is 0 Å². The van der Waals surface area contributed by atoms with Gasteiger partial charge in [0.1, 0.15) is 0 Å². The molecule has 2 saturated carbocycles. The lowest BCUT2D eigenvalue weighted by atomic mass is 9.83. The van der Waals surface area contributed by atoms with E-state index in [0.717, 1.165) is 12.8 Å². The standard InChI is InChI=1S/C12H22O2/c1-12(14)8-10(12)7-11(13)9-5-3-2-4-6-9/h9-11,13-14H,2-8H2,1H3/t10-,11-,12+/m1/s1. The molecule has 2 nitrogen and oxygen atoms in total. The molecule has 14 heavy (non-hydrogen) atoms. The molecular formula is C12H22O2. The van der Waals surface area contributed by atoms with Crippen molar-refractivity contribution in [1.29, 1.82) is 0 Å². The molecule has 2 rings (SSSR count). The van der Waals surface area contributed by atoms with Crippen molar-refractivity contribution in [2.75, 3.05) is 0 Å². The minimum atomic E-state index is -0.463. The Morgan fingerprint density at radius 3 is 2.36 bits per heavy atom. The van der Waals surface area contributed by atoms with Crippen molar-refractivity contribution >= 4 is 0 Å². The molecule has 0 aromatic rings. The molecular weight excluding hydrogens is 176 g/mol. The van der Waals surface area contributed by atoms with E-state index in [1.165, 1.54) is 32.1 Å². The second-order valence-electron chi connectivity index (χ2n) is 5.46. The van der Waals surface area contributed by atoms with Gasteiger partial charge in [0.15, 0.2) is 0 Å². The van der Waals surface area contributed by atoms with Gasteiger partial charge in [-0.1, -0.05) is 19.3 Å². The molecule has 0 bridgehead atoms. The minimum absolute atomic E-state index is 0.158. The summed E-state index contributed by atoms with van der Waals surface area (Å²) in [7, 11) is 0. The number of hydrogen-bond acceptors (Lipinski definition) is 2. The zero-order valence-electron chi connectivity index (χ0n) is 9.08. The van der Waals surface area contributed by atoms with Crippen LogP contribution in [0, 0.1) is 11.8 Å². The maximum absolute atomic E-state index is 10.0. The third-order valence-corrected chi connectivity index (χ3v) is 4.10. The highest BCUT2D eigenvalue weighted by Crippen LogP contribution is 2.47. The molecule has 2 heteroatoms. The van der Waals surface area contributed by atoms with Gasteiger partial charge in [0.25, 0.3) is 0 Å². The summed E-state index contributed by atoms with van der Waals surface area (Å²) in [5.74, 6) is 0.875. The van der Waals surface area contributed by atoms with Crippen molar-refractivity contribution in [2.24, 2.45) is 11.8 Å². The van der Waals surface area contributed by atoms with E-state index in [2.05, 4.69) is 0 Å². The third-order valence-electron chi connectivity index (χ3n) is 4.10. The Hall–Kier alpha value is -0.0800. The molecule has 0 unspecified atom stereocenters. The van der Waals surface area contributed by atoms with Gasteiger partial charge >= 0.3 is 0 Å². The van der Waals surface area contributed by atoms with Crippen molar-refractivity contribution in [3.8, 4) is 0 Å². The van der Waals surface area contributed by atoms with Gasteiger partial charge in [-0.25, -0.2) is 0 Å². The lowest BCUT2D eigenvalue weighted by Gasteiger charge is -2.26. The van der Waals surface area contributed by atoms with Crippen LogP contribution in [0.25, 0.3) is 0 Å². The normalized spacial score (nSPS) is 40.9. The van der Waals surface area contributed by atoms with E-state index in [9.17, 15) is 10.2 Å². The highest BCUT2D eigenvalue weighted by molar-refractivity contribution is 5.00. The summed E-state index contributed by atoms with van der Waals surface area (Å²) in [6.07, 6.45) is 7.82. The van der Waals surface area contributed by atoms with Gasteiger partial charge in [-0.3, -0.25) is 0 Å². The lowest BCUT2D eigenvalue weighted by Crippen LogP contribution is -2.24. The third kappa shape index (κ3) is 2.29. The van der Waals surface area contributed by atoms with Crippen LogP contribution in [0.4, 0.5) is 0 Å². The first kappa shape index (κ1) is 10.4. The van der Waals surface area contributed by atoms with Crippen LogP contribution in [0.3, 0.4) is 0 Å². The Morgan fingerprint density at radius 1 is 1.29 bits per heavy atom. The molecule has 2 aliphatic rings. The highest BCUT2D eigenvalue weighted by atomic mass is 16.3. The Balaban J connectivity index is 1.75. The zero-order chi connectivity index (χ0) is 10.2. The maximum atomic E-state index is 10.0. The number of aliphatic hydroxyl groups is 2. The largest absolute Gasteiger partial charge is 0.393 e. The predicted octanol–water partition coefficient (Wildman–Crippen LogP) is 2.09. The molecule has 2 fully saturated rings. The molecule has 2 aliphatic carbocycles. The van der Waals surface area contributed by atoms with Crippen molar-refractivity contribution in [3.63, 3.8) is 0 Å². The molecule has 0 aromatic carbocycles. The van der Waals surface area contributed by atoms with E-state index >= 15 is 0 Å². The average Bonchev–Trinajstić information content (AvgIpc) is 2.75. The van der Waals surface area contributed by atoms with E-state index in [1.54, 1.807) is 0 Å². The smallest absolute Gasteiger partial charge is 0.0653 e. The first-order valence-electron chi connectivity index (χ1n) is 6.00. The van der Waals surface area contributed by atoms with Gasteiger partial charge < -0.3 is 10.2 Å². The summed E-state index contributed by atoms with van der Waals surface area (Å²) in [6.45, 7) is 1.88. The van der Waals surface area contributed by atoms with Crippen molar-refractivity contribution in [2.45, 2.75) is 63.6 Å². The minimum Gasteiger partial charge on any atom is -0.393 e. The maximum Gasteiger partial charge on any atom is 0.0653 e. The van der Waals surface area contributed by atoms with Gasteiger partial charge in [0.05, 0.1) is 11.7 Å². The summed E-state index contributed by atoms with van der Waals surface area (Å²) < 4.78 is 0. The molecule has 0 saturated heterocycles. The zero-order valence-corrected chi connectivity index (χ0v) is 9.08. The van der Waals surface area contributed by atoms with Crippen molar-refractivity contribution < 1.29 is 10.2 Å². The molecule has 3 atom stereocenters. The van der Waals surface area contributed by atoms with Gasteiger partial charge in [-0.2, -0.15) is 0 Å². The number of aliphatic hydroxyl groups excluding tert-OH is 1. The van der Waals surface area contributed by atoms with Crippen LogP contribution in [-0.4, -0.2) is 21.9 Å². The Bertz CT molecular complexity index is 194. The first-order chi connectivity index (χ1) is 6.59. The second kappa shape index (κ2) is 3.82. The summed E-state index contributed by atoms with van der Waals surface area (Å²) >= 11 is 0. The van der Waals surface area contributed by atoms with Crippen LogP contribution >= 0.6 is 0 Å². The lowest BCUT2D eigenvalue weighted by molar-refractivity contribution is 0.0582. The summed E-state index contributed by atoms with van der Waals surface area (Å²) in [6, 6.07) is 0. The fraction of sp³-hybridized carbons (Fsp3) is 1.00. The van der Waals surface area contributed by atoms with E-state index in [1.807, 2.05) is 6.92 Å². The van der Waals surface area contributed by atoms with E-state index in [4.69, 9.17) is 0 Å². The van der Waals surface area contributed by atoms with Gasteiger partial charge in [0.2, 0.25) is 0 Å². The van der Waals surface area contributed by atoms with Gasteiger partial charge in [-0.15, -0.1) is 0 Å². The fourth-order valence-corrected chi connectivity index (χ4v) is 2.78. The molecule has 0 aliphatic heterocycles. The Labute approximate surface area is 86.3 Å². The monoisotopic (exact) mass is 198 g/mol. The summed E-state index contributed by atoms with van der Waals surface area (Å²) in [4.78, 5) is 0. The molecule has 0 spiro atoms. The molecule has 0 heterocycles. The fourth-order valence-electron chi connectivity index (χ4n) is 2.78. The SMILES string of the molecule is C[C@]1(O)C[C@H]1C[C@@H](O)C1CCCCC1. The molecule has 2 N–H and O–H groups in total. The molecule has 82 valence electrons. The quantitative estimate of drug-likeness (QED) is 0.729. The highest BCUT2D eigenvalue weighted by Gasteiger charge is 2.49. The van der Waals surface area contributed by atoms with Gasteiger partial charge in [0, 0.05) is 0 Å². The Morgan fingerprint density at radius 2 is 1.86 bits per heavy atom. The number of rotatable bonds is 3. The second-order valence-corrected chi connectivity index (χ2v) is 5.46. The Kier molecular flexibility index (Phi) is 2.85. The first-order valence-corrected chi connectivity index (χ1v) is 6.00. The predicted molar refractivity (Wildman–Crippen MR) is 55.9 cm³/mol. The van der Waals surface area contributed by atoms with Crippen LogP contribution in [0.2, 0.25) is 0 Å². The topological polar surface area (TPSA) is 40.5 Å².